The number of ether oxygens (including phenoxy) is 1. The summed E-state index contributed by atoms with van der Waals surface area (Å²) in [6.45, 7) is 14.8. The van der Waals surface area contributed by atoms with Gasteiger partial charge in [0.25, 0.3) is 5.91 Å². The monoisotopic (exact) mass is 942 g/mol. The van der Waals surface area contributed by atoms with Crippen molar-refractivity contribution >= 4 is 52.1 Å². The van der Waals surface area contributed by atoms with E-state index in [0.29, 0.717) is 23.1 Å². The van der Waals surface area contributed by atoms with Crippen molar-refractivity contribution < 1.29 is 34.1 Å². The molecule has 1 fully saturated rings. The smallest absolute Gasteiger partial charge is 0.306 e. The maximum atomic E-state index is 14.3. The van der Waals surface area contributed by atoms with Crippen LogP contribution in [0.15, 0.2) is 83.3 Å². The maximum absolute atomic E-state index is 14.3. The average Bonchev–Trinajstić information content (AvgIpc) is 4.06. The molecule has 0 bridgehead atoms. The number of carboxylic acid groups (broad SMARTS) is 1. The number of aliphatic imine (C=N–C) groups is 1. The number of fused-ring (bicyclic) bond motifs is 3. The molecule has 3 amide bonds. The number of rotatable bonds is 13. The number of amides is 3. The third kappa shape index (κ3) is 9.67. The summed E-state index contributed by atoms with van der Waals surface area (Å²) in [7, 11) is 0. The molecular formula is C50H54N8O7S2. The minimum atomic E-state index is -1.04. The Morgan fingerprint density at radius 2 is 1.60 bits per heavy atom. The summed E-state index contributed by atoms with van der Waals surface area (Å²) in [5.41, 5.74) is 8.86. The van der Waals surface area contributed by atoms with E-state index >= 15 is 0 Å². The fourth-order valence-electron chi connectivity index (χ4n) is 8.69. The topological polar surface area (TPSA) is 201 Å². The molecule has 0 unspecified atom stereocenters. The molecule has 4 N–H and O–H groups in total. The lowest BCUT2D eigenvalue weighted by Gasteiger charge is -2.35. The highest BCUT2D eigenvalue weighted by Crippen LogP contribution is 2.40. The number of hydrogen-bond donors (Lipinski definition) is 4. The van der Waals surface area contributed by atoms with E-state index in [1.807, 2.05) is 132 Å². The van der Waals surface area contributed by atoms with E-state index in [9.17, 15) is 29.4 Å². The molecule has 8 rings (SSSR count). The van der Waals surface area contributed by atoms with Crippen molar-refractivity contribution in [2.24, 2.45) is 10.4 Å². The number of aliphatic carboxylic acids is 1. The summed E-state index contributed by atoms with van der Waals surface area (Å²) >= 11 is 3.16. The van der Waals surface area contributed by atoms with Crippen LogP contribution in [0.1, 0.15) is 97.1 Å². The number of benzene rings is 3. The van der Waals surface area contributed by atoms with Crippen LogP contribution in [0.4, 0.5) is 0 Å². The molecule has 5 heterocycles. The molecular weight excluding hydrogens is 889 g/mol. The van der Waals surface area contributed by atoms with E-state index in [1.165, 1.54) is 4.90 Å². The van der Waals surface area contributed by atoms with E-state index in [-0.39, 0.29) is 25.4 Å². The number of aliphatic hydroxyl groups is 1. The molecule has 6 aromatic rings. The summed E-state index contributed by atoms with van der Waals surface area (Å²) < 4.78 is 8.07. The summed E-state index contributed by atoms with van der Waals surface area (Å²) in [6.07, 6.45) is -1.10. The van der Waals surface area contributed by atoms with Gasteiger partial charge in [-0.3, -0.25) is 28.7 Å². The zero-order valence-electron chi connectivity index (χ0n) is 38.7. The largest absolute Gasteiger partial charge is 0.483 e. The van der Waals surface area contributed by atoms with Crippen molar-refractivity contribution in [1.29, 1.82) is 0 Å². The van der Waals surface area contributed by atoms with Gasteiger partial charge in [-0.25, -0.2) is 4.98 Å². The number of hydrogen-bond acceptors (Lipinski definition) is 12. The van der Waals surface area contributed by atoms with Crippen LogP contribution in [0.3, 0.4) is 0 Å². The van der Waals surface area contributed by atoms with Crippen molar-refractivity contribution in [3.8, 4) is 32.3 Å². The second-order valence-corrected chi connectivity index (χ2v) is 20.3. The van der Waals surface area contributed by atoms with Crippen LogP contribution in [-0.2, 0) is 19.2 Å². The first-order valence-corrected chi connectivity index (χ1v) is 23.8. The van der Waals surface area contributed by atoms with Gasteiger partial charge in [-0.15, -0.1) is 32.9 Å². The second kappa shape index (κ2) is 19.0. The lowest BCUT2D eigenvalue weighted by molar-refractivity contribution is -0.144. The number of likely N-dealkylation sites (tertiary alicyclic amines) is 1. The Labute approximate surface area is 397 Å². The summed E-state index contributed by atoms with van der Waals surface area (Å²) in [4.78, 5) is 66.8. The summed E-state index contributed by atoms with van der Waals surface area (Å²) in [6, 6.07) is 19.9. The van der Waals surface area contributed by atoms with Crippen LogP contribution in [-0.4, -0.2) is 95.6 Å². The molecule has 17 heteroatoms. The highest BCUT2D eigenvalue weighted by atomic mass is 32.1. The van der Waals surface area contributed by atoms with Crippen molar-refractivity contribution in [2.75, 3.05) is 13.2 Å². The Balaban J connectivity index is 0.953. The van der Waals surface area contributed by atoms with Gasteiger partial charge in [0.2, 0.25) is 11.8 Å². The first-order chi connectivity index (χ1) is 31.9. The number of para-hydroxylation sites is 1. The number of carbonyl (C=O) groups is 4. The third-order valence-corrected chi connectivity index (χ3v) is 14.6. The van der Waals surface area contributed by atoms with Crippen molar-refractivity contribution in [3.05, 3.63) is 123 Å². The zero-order chi connectivity index (χ0) is 47.9. The summed E-state index contributed by atoms with van der Waals surface area (Å²) in [5.74, 6) is -0.815. The predicted octanol–water partition coefficient (Wildman–Crippen LogP) is 7.47. The number of nitrogens with one attached hydrogen (secondary N) is 2. The maximum Gasteiger partial charge on any atom is 0.306 e. The molecule has 1 saturated heterocycles. The molecule has 3 aromatic heterocycles. The van der Waals surface area contributed by atoms with Crippen LogP contribution in [0.25, 0.3) is 26.6 Å². The van der Waals surface area contributed by atoms with E-state index in [2.05, 4.69) is 25.8 Å². The number of aryl methyl sites for hydroxylation is 3. The number of nitrogens with zero attached hydrogens (tertiary/aromatic N) is 6. The Kier molecular flexibility index (Phi) is 13.3. The number of aliphatic hydroxyl groups excluding tert-OH is 1. The van der Waals surface area contributed by atoms with Crippen LogP contribution in [0, 0.1) is 33.1 Å². The molecule has 0 radical (unpaired) electrons. The van der Waals surface area contributed by atoms with E-state index in [1.54, 1.807) is 28.7 Å². The van der Waals surface area contributed by atoms with Crippen LogP contribution < -0.4 is 15.4 Å². The Morgan fingerprint density at radius 3 is 2.27 bits per heavy atom. The van der Waals surface area contributed by atoms with E-state index < -0.39 is 59.9 Å². The molecule has 5 atom stereocenters. The molecule has 2 aliphatic heterocycles. The minimum Gasteiger partial charge on any atom is -0.483 e. The van der Waals surface area contributed by atoms with E-state index in [4.69, 9.17) is 9.73 Å². The van der Waals surface area contributed by atoms with Crippen LogP contribution >= 0.6 is 22.7 Å². The van der Waals surface area contributed by atoms with E-state index in [0.717, 1.165) is 59.4 Å². The lowest BCUT2D eigenvalue weighted by Crippen LogP contribution is -2.58. The van der Waals surface area contributed by atoms with Gasteiger partial charge in [0.1, 0.15) is 34.7 Å². The number of aromatic nitrogens is 4. The first kappa shape index (κ1) is 47.0. The fraction of sp³-hybridized carbons (Fsp3) is 0.360. The van der Waals surface area contributed by atoms with Gasteiger partial charge in [0.05, 0.1) is 40.4 Å². The van der Waals surface area contributed by atoms with Crippen molar-refractivity contribution in [2.45, 2.75) is 98.5 Å². The van der Waals surface area contributed by atoms with Crippen LogP contribution in [0.2, 0.25) is 0 Å². The van der Waals surface area contributed by atoms with Gasteiger partial charge in [-0.1, -0.05) is 87.5 Å². The number of thiazole rings is 1. The Morgan fingerprint density at radius 1 is 0.910 bits per heavy atom. The molecule has 348 valence electrons. The third-order valence-electron chi connectivity index (χ3n) is 12.4. The highest BCUT2D eigenvalue weighted by molar-refractivity contribution is 7.15. The normalized spacial score (nSPS) is 17.7. The Hall–Kier alpha value is -6.56. The molecule has 2 aliphatic rings. The molecule has 0 aliphatic carbocycles. The van der Waals surface area contributed by atoms with Gasteiger partial charge >= 0.3 is 5.97 Å². The Bertz CT molecular complexity index is 2880. The van der Waals surface area contributed by atoms with Crippen molar-refractivity contribution in [3.63, 3.8) is 0 Å². The highest BCUT2D eigenvalue weighted by Gasteiger charge is 2.45. The quantitative estimate of drug-likeness (QED) is 0.0900. The fourth-order valence-corrected chi connectivity index (χ4v) is 10.7. The molecule has 15 nitrogen and oxygen atoms in total. The number of β-amino-alcohol motifs (C(OH)–C–C–N with tert-alkyl or cyclic N) is 1. The minimum absolute atomic E-state index is 0.0501. The number of carbonyl (C=O) groups excluding carboxylic acids is 3. The average molecular weight is 943 g/mol. The van der Waals surface area contributed by atoms with Gasteiger partial charge in [0.15, 0.2) is 12.4 Å². The van der Waals surface area contributed by atoms with Crippen LogP contribution in [0.5, 0.6) is 5.75 Å². The molecule has 0 spiro atoms. The predicted molar refractivity (Wildman–Crippen MR) is 258 cm³/mol. The number of thiophene rings is 1. The molecule has 3 aromatic carbocycles. The zero-order valence-corrected chi connectivity index (χ0v) is 40.3. The van der Waals surface area contributed by atoms with Crippen molar-refractivity contribution in [1.82, 2.24) is 35.3 Å². The molecule has 0 saturated carbocycles. The van der Waals surface area contributed by atoms with Gasteiger partial charge < -0.3 is 30.5 Å². The van der Waals surface area contributed by atoms with Gasteiger partial charge in [-0.2, -0.15) is 0 Å². The van der Waals surface area contributed by atoms with Gasteiger partial charge in [-0.05, 0) is 68.4 Å². The standard InChI is InChI=1S/C50H54N8O7S2/c1-26-29(4)67-49-42(26)43(53-37(22-41(61)62)46-56-55-30(5)58(46)49)33-17-15-32(16-18-33)36-11-9-10-12-39(36)65-24-40(60)54-45(50(6,7)8)48(64)57-23-35(59)21-38(57)47(63)52-27(2)31-13-19-34(20-14-31)44-28(3)51-25-66-44/h9-20,25,27,35,37-38,45,59H,21-24H2,1-8H3,(H,52,63)(H,54,60)(H,61,62)/t27-,35+,37-,38-,45+/m0/s1. The SMILES string of the molecule is Cc1ncsc1-c1ccc([C@H](C)NC(=O)[C@@H]2C[C@@H](O)CN2C(=O)[C@@H](NC(=O)COc2ccccc2-c2ccc(C3=N[C@@H](CC(=O)O)c4nnc(C)n4-c4sc(C)c(C)c43)cc2)C(C)(C)C)cc1. The number of carboxylic acids is 1. The van der Waals surface area contributed by atoms with Gasteiger partial charge in [0, 0.05) is 34.5 Å². The second-order valence-electron chi connectivity index (χ2n) is 18.2. The first-order valence-electron chi connectivity index (χ1n) is 22.1. The summed E-state index contributed by atoms with van der Waals surface area (Å²) in [5, 5.41) is 36.1. The lowest BCUT2D eigenvalue weighted by atomic mass is 9.85. The molecule has 67 heavy (non-hydrogen) atoms.